The van der Waals surface area contributed by atoms with Gasteiger partial charge in [0.05, 0.1) is 5.52 Å². The van der Waals surface area contributed by atoms with Gasteiger partial charge in [-0.1, -0.05) is 12.1 Å². The summed E-state index contributed by atoms with van der Waals surface area (Å²) in [6.45, 7) is 0. The van der Waals surface area contributed by atoms with E-state index < -0.39 is 0 Å². The summed E-state index contributed by atoms with van der Waals surface area (Å²) in [6, 6.07) is 12.1. The number of para-hydroxylation sites is 1. The van der Waals surface area contributed by atoms with E-state index in [4.69, 9.17) is 0 Å². The molecule has 4 N–H and O–H groups in total. The van der Waals surface area contributed by atoms with Crippen molar-refractivity contribution < 1.29 is 0 Å². The Morgan fingerprint density at radius 1 is 0.786 bits per heavy atom. The molecule has 2 saturated carbocycles. The number of hydrogen-bond acceptors (Lipinski definition) is 6. The van der Waals surface area contributed by atoms with Gasteiger partial charge in [-0.2, -0.15) is 15.2 Å². The standard InChI is InChI=1S/C20H20N8/c1-2-4-14-13(3-1)19(22-17-9-15(25-27-17)11-5-6-11)24-20(21-14)23-18-10-16(26-28-18)12-7-8-12/h1-4,9-12H,5-8H2,(H4,21,22,23,24,25,26,27,28). The van der Waals surface area contributed by atoms with Crippen molar-refractivity contribution in [3.05, 3.63) is 47.8 Å². The molecule has 8 nitrogen and oxygen atoms in total. The monoisotopic (exact) mass is 372 g/mol. The summed E-state index contributed by atoms with van der Waals surface area (Å²) in [5.41, 5.74) is 3.22. The lowest BCUT2D eigenvalue weighted by Crippen LogP contribution is -2.02. The number of nitrogens with one attached hydrogen (secondary N) is 4. The van der Waals surface area contributed by atoms with E-state index in [1.54, 1.807) is 0 Å². The molecule has 0 amide bonds. The first kappa shape index (κ1) is 15.6. The fourth-order valence-corrected chi connectivity index (χ4v) is 3.47. The number of aromatic nitrogens is 6. The Morgan fingerprint density at radius 2 is 1.43 bits per heavy atom. The Balaban J connectivity index is 1.33. The van der Waals surface area contributed by atoms with Crippen LogP contribution in [0, 0.1) is 0 Å². The molecular formula is C20H20N8. The van der Waals surface area contributed by atoms with Gasteiger partial charge in [0.25, 0.3) is 0 Å². The van der Waals surface area contributed by atoms with Gasteiger partial charge >= 0.3 is 0 Å². The van der Waals surface area contributed by atoms with Crippen molar-refractivity contribution in [3.63, 3.8) is 0 Å². The van der Waals surface area contributed by atoms with Crippen molar-refractivity contribution in [3.8, 4) is 0 Å². The summed E-state index contributed by atoms with van der Waals surface area (Å²) in [6.07, 6.45) is 4.93. The van der Waals surface area contributed by atoms with E-state index in [1.165, 1.54) is 37.1 Å². The lowest BCUT2D eigenvalue weighted by molar-refractivity contribution is 0.965. The number of nitrogens with zero attached hydrogens (tertiary/aromatic N) is 4. The van der Waals surface area contributed by atoms with Crippen LogP contribution in [0.1, 0.15) is 48.9 Å². The van der Waals surface area contributed by atoms with E-state index in [0.29, 0.717) is 17.8 Å². The van der Waals surface area contributed by atoms with Gasteiger partial charge in [-0.05, 0) is 37.8 Å². The molecule has 3 aromatic heterocycles. The number of hydrogen-bond donors (Lipinski definition) is 4. The van der Waals surface area contributed by atoms with Crippen LogP contribution in [-0.4, -0.2) is 30.4 Å². The summed E-state index contributed by atoms with van der Waals surface area (Å²) in [5.74, 6) is 3.99. The van der Waals surface area contributed by atoms with Gasteiger partial charge in [-0.15, -0.1) is 0 Å². The zero-order chi connectivity index (χ0) is 18.5. The third-order valence-corrected chi connectivity index (χ3v) is 5.32. The number of anilines is 4. The minimum atomic E-state index is 0.507. The second-order valence-electron chi connectivity index (χ2n) is 7.63. The van der Waals surface area contributed by atoms with Gasteiger partial charge in [0.15, 0.2) is 11.6 Å². The molecule has 2 aliphatic rings. The highest BCUT2D eigenvalue weighted by molar-refractivity contribution is 5.91. The van der Waals surface area contributed by atoms with Crippen LogP contribution >= 0.6 is 0 Å². The van der Waals surface area contributed by atoms with Crippen molar-refractivity contribution in [1.82, 2.24) is 30.4 Å². The minimum absolute atomic E-state index is 0.507. The van der Waals surface area contributed by atoms with Crippen molar-refractivity contribution in [2.45, 2.75) is 37.5 Å². The van der Waals surface area contributed by atoms with Gasteiger partial charge < -0.3 is 10.6 Å². The van der Waals surface area contributed by atoms with E-state index in [1.807, 2.05) is 30.3 Å². The molecule has 0 saturated heterocycles. The third-order valence-electron chi connectivity index (χ3n) is 5.32. The summed E-state index contributed by atoms with van der Waals surface area (Å²) in [5, 5.41) is 22.5. The van der Waals surface area contributed by atoms with E-state index in [-0.39, 0.29) is 0 Å². The number of fused-ring (bicyclic) bond motifs is 1. The van der Waals surface area contributed by atoms with Crippen LogP contribution in [-0.2, 0) is 0 Å². The number of aromatic amines is 2. The van der Waals surface area contributed by atoms with Gasteiger partial charge in [0, 0.05) is 40.7 Å². The Bertz CT molecular complexity index is 1150. The van der Waals surface area contributed by atoms with Gasteiger partial charge in [-0.25, -0.2) is 4.98 Å². The average Bonchev–Trinajstić information content (AvgIpc) is 3.64. The minimum Gasteiger partial charge on any atom is -0.323 e. The molecule has 3 heterocycles. The van der Waals surface area contributed by atoms with Gasteiger partial charge in [0.2, 0.25) is 5.95 Å². The highest BCUT2D eigenvalue weighted by atomic mass is 15.3. The average molecular weight is 372 g/mol. The molecule has 0 bridgehead atoms. The molecular weight excluding hydrogens is 352 g/mol. The Kier molecular flexibility index (Phi) is 3.37. The lowest BCUT2D eigenvalue weighted by Gasteiger charge is -2.09. The summed E-state index contributed by atoms with van der Waals surface area (Å²) >= 11 is 0. The van der Waals surface area contributed by atoms with Crippen LogP contribution in [0.5, 0.6) is 0 Å². The van der Waals surface area contributed by atoms with Gasteiger partial charge in [0.1, 0.15) is 5.82 Å². The second kappa shape index (κ2) is 6.05. The van der Waals surface area contributed by atoms with Gasteiger partial charge in [-0.3, -0.25) is 10.2 Å². The fourth-order valence-electron chi connectivity index (χ4n) is 3.47. The maximum absolute atomic E-state index is 4.69. The maximum Gasteiger partial charge on any atom is 0.230 e. The lowest BCUT2D eigenvalue weighted by atomic mass is 10.2. The summed E-state index contributed by atoms with van der Waals surface area (Å²) < 4.78 is 0. The highest BCUT2D eigenvalue weighted by Crippen LogP contribution is 2.40. The molecule has 6 rings (SSSR count). The number of benzene rings is 1. The largest absolute Gasteiger partial charge is 0.323 e. The van der Waals surface area contributed by atoms with Crippen molar-refractivity contribution >= 4 is 34.3 Å². The maximum atomic E-state index is 4.69. The van der Waals surface area contributed by atoms with E-state index in [2.05, 4.69) is 47.1 Å². The molecule has 2 aliphatic carbocycles. The first-order valence-electron chi connectivity index (χ1n) is 9.73. The van der Waals surface area contributed by atoms with E-state index in [0.717, 1.165) is 28.4 Å². The molecule has 0 radical (unpaired) electrons. The summed E-state index contributed by atoms with van der Waals surface area (Å²) in [7, 11) is 0. The molecule has 1 aromatic carbocycles. The quantitative estimate of drug-likeness (QED) is 0.402. The Labute approximate surface area is 161 Å². The van der Waals surface area contributed by atoms with Crippen LogP contribution < -0.4 is 10.6 Å². The molecule has 8 heteroatoms. The molecule has 0 atom stereocenters. The molecule has 0 unspecified atom stereocenters. The first-order chi connectivity index (χ1) is 13.8. The Hall–Kier alpha value is -3.42. The molecule has 0 aliphatic heterocycles. The molecule has 2 fully saturated rings. The summed E-state index contributed by atoms with van der Waals surface area (Å²) in [4.78, 5) is 9.33. The smallest absolute Gasteiger partial charge is 0.230 e. The fraction of sp³-hybridized carbons (Fsp3) is 0.300. The van der Waals surface area contributed by atoms with Crippen LogP contribution in [0.3, 0.4) is 0 Å². The third kappa shape index (κ3) is 2.96. The second-order valence-corrected chi connectivity index (χ2v) is 7.63. The highest BCUT2D eigenvalue weighted by Gasteiger charge is 2.26. The molecule has 0 spiro atoms. The van der Waals surface area contributed by atoms with Crippen molar-refractivity contribution in [1.29, 1.82) is 0 Å². The predicted octanol–water partition coefficient (Wildman–Crippen LogP) is 4.32. The Morgan fingerprint density at radius 3 is 2.11 bits per heavy atom. The molecule has 4 aromatic rings. The van der Waals surface area contributed by atoms with Crippen LogP contribution in [0.2, 0.25) is 0 Å². The normalized spacial score (nSPS) is 16.4. The van der Waals surface area contributed by atoms with E-state index >= 15 is 0 Å². The predicted molar refractivity (Wildman–Crippen MR) is 107 cm³/mol. The zero-order valence-electron chi connectivity index (χ0n) is 15.2. The zero-order valence-corrected chi connectivity index (χ0v) is 15.2. The van der Waals surface area contributed by atoms with Crippen LogP contribution in [0.25, 0.3) is 10.9 Å². The molecule has 140 valence electrons. The SMILES string of the molecule is c1ccc2c(Nc3cc(C4CC4)[nH]n3)nc(Nc3cc(C4CC4)[nH]n3)nc2c1. The van der Waals surface area contributed by atoms with Crippen molar-refractivity contribution in [2.75, 3.05) is 10.6 Å². The number of rotatable bonds is 6. The molecule has 28 heavy (non-hydrogen) atoms. The van der Waals surface area contributed by atoms with E-state index in [9.17, 15) is 0 Å². The van der Waals surface area contributed by atoms with Crippen LogP contribution in [0.15, 0.2) is 36.4 Å². The van der Waals surface area contributed by atoms with Crippen LogP contribution in [0.4, 0.5) is 23.4 Å². The number of H-pyrrole nitrogens is 2. The topological polar surface area (TPSA) is 107 Å². The first-order valence-corrected chi connectivity index (χ1v) is 9.73. The van der Waals surface area contributed by atoms with Crippen molar-refractivity contribution in [2.24, 2.45) is 0 Å².